The second-order valence-corrected chi connectivity index (χ2v) is 11.4. The topological polar surface area (TPSA) is 129 Å². The molecule has 0 radical (unpaired) electrons. The van der Waals surface area contributed by atoms with Crippen LogP contribution >= 0.6 is 9.24 Å². The summed E-state index contributed by atoms with van der Waals surface area (Å²) in [5.41, 5.74) is -1.16. The van der Waals surface area contributed by atoms with Crippen LogP contribution in [0.2, 0.25) is 0 Å². The van der Waals surface area contributed by atoms with Gasteiger partial charge in [0.05, 0.1) is 50.3 Å². The Morgan fingerprint density at radius 1 is 1.16 bits per heavy atom. The van der Waals surface area contributed by atoms with Crippen LogP contribution in [0.4, 0.5) is 0 Å². The summed E-state index contributed by atoms with van der Waals surface area (Å²) in [5, 5.41) is 56.0. The molecule has 2 saturated heterocycles. The molecule has 4 rings (SSSR count). The van der Waals surface area contributed by atoms with Crippen LogP contribution in [0.1, 0.15) is 40.5 Å². The summed E-state index contributed by atoms with van der Waals surface area (Å²) in [6.07, 6.45) is -3.36. The largest absolute Gasteiger partial charge is 0.392 e. The van der Waals surface area contributed by atoms with Gasteiger partial charge in [-0.1, -0.05) is 30.0 Å². The van der Waals surface area contributed by atoms with Crippen molar-refractivity contribution in [3.05, 3.63) is 11.1 Å². The van der Waals surface area contributed by atoms with Crippen LogP contribution in [0.3, 0.4) is 0 Å². The molecule has 5 N–H and O–H groups in total. The highest BCUT2D eigenvalue weighted by molar-refractivity contribution is 7.16. The molecule has 4 aliphatic rings. The van der Waals surface area contributed by atoms with Crippen LogP contribution in [0.15, 0.2) is 11.1 Å². The van der Waals surface area contributed by atoms with Gasteiger partial charge >= 0.3 is 0 Å². The Balaban J connectivity index is 1.93. The van der Waals surface area contributed by atoms with E-state index < -0.39 is 53.3 Å². The van der Waals surface area contributed by atoms with Crippen LogP contribution in [0.25, 0.3) is 0 Å². The predicted octanol–water partition coefficient (Wildman–Crippen LogP) is 0.400. The van der Waals surface area contributed by atoms with Crippen molar-refractivity contribution in [2.45, 2.75) is 82.7 Å². The molecular weight excluding hydrogens is 435 g/mol. The number of hydrogen-bond donors (Lipinski definition) is 5. The summed E-state index contributed by atoms with van der Waals surface area (Å²) in [7, 11) is 2.20. The van der Waals surface area contributed by atoms with Crippen LogP contribution in [-0.2, 0) is 14.2 Å². The van der Waals surface area contributed by atoms with Gasteiger partial charge < -0.3 is 39.7 Å². The molecule has 2 aliphatic heterocycles. The minimum atomic E-state index is -1.58. The average molecular weight is 475 g/mol. The van der Waals surface area contributed by atoms with Crippen molar-refractivity contribution in [2.24, 2.45) is 29.1 Å². The van der Waals surface area contributed by atoms with Crippen LogP contribution in [0.5, 0.6) is 0 Å². The van der Waals surface area contributed by atoms with Gasteiger partial charge in [0.25, 0.3) is 0 Å². The molecule has 0 spiro atoms. The summed E-state index contributed by atoms with van der Waals surface area (Å²) < 4.78 is 17.8. The minimum Gasteiger partial charge on any atom is -0.392 e. The van der Waals surface area contributed by atoms with Crippen molar-refractivity contribution in [1.82, 2.24) is 0 Å². The summed E-state index contributed by atoms with van der Waals surface area (Å²) in [4.78, 5) is 0. The smallest absolute Gasteiger partial charge is 0.167 e. The van der Waals surface area contributed by atoms with Crippen LogP contribution < -0.4 is 0 Å². The maximum atomic E-state index is 12.4. The van der Waals surface area contributed by atoms with E-state index >= 15 is 0 Å². The molecule has 0 amide bonds. The Kier molecular flexibility index (Phi) is 6.87. The molecule has 184 valence electrons. The third kappa shape index (κ3) is 3.80. The zero-order valence-electron chi connectivity index (χ0n) is 19.3. The molecule has 0 aromatic carbocycles. The number of fused-ring (bicyclic) bond motifs is 5. The van der Waals surface area contributed by atoms with Crippen molar-refractivity contribution >= 4 is 9.24 Å². The fourth-order valence-electron chi connectivity index (χ4n) is 7.02. The number of hydrogen-bond acceptors (Lipinski definition) is 8. The van der Waals surface area contributed by atoms with Gasteiger partial charge in [0.2, 0.25) is 0 Å². The van der Waals surface area contributed by atoms with Gasteiger partial charge in [0, 0.05) is 36.0 Å². The van der Waals surface area contributed by atoms with Gasteiger partial charge in [-0.05, 0) is 24.0 Å². The maximum Gasteiger partial charge on any atom is 0.167 e. The number of aliphatic hydroxyl groups excluding tert-OH is 4. The van der Waals surface area contributed by atoms with E-state index in [1.165, 1.54) is 0 Å². The van der Waals surface area contributed by atoms with Gasteiger partial charge in [-0.3, -0.25) is 0 Å². The van der Waals surface area contributed by atoms with E-state index in [0.717, 1.165) is 0 Å². The molecular formula is C23H39O8P. The first-order valence-corrected chi connectivity index (χ1v) is 12.3. The Hall–Kier alpha value is -0.150. The Bertz CT molecular complexity index is 744. The van der Waals surface area contributed by atoms with Gasteiger partial charge in [0.15, 0.2) is 6.03 Å². The lowest BCUT2D eigenvalue weighted by molar-refractivity contribution is -0.301. The molecule has 12 atom stereocenters. The third-order valence-electron chi connectivity index (χ3n) is 8.59. The highest BCUT2D eigenvalue weighted by atomic mass is 31.0. The SMILES string of the molecule is CC1=C2[C@H](C(C)C)C(O)(C[C@@H]1O)C(O[C@@H](O)P)C1C3COC3C[C@H](O)[C@@]1(C)COC[C@@H]2O. The third-order valence-corrected chi connectivity index (χ3v) is 8.75. The van der Waals surface area contributed by atoms with Crippen molar-refractivity contribution in [3.8, 4) is 0 Å². The van der Waals surface area contributed by atoms with Crippen LogP contribution in [0, 0.1) is 29.1 Å². The highest BCUT2D eigenvalue weighted by Crippen LogP contribution is 2.57. The summed E-state index contributed by atoms with van der Waals surface area (Å²) >= 11 is 0. The zero-order valence-corrected chi connectivity index (χ0v) is 20.5. The first-order valence-electron chi connectivity index (χ1n) is 11.7. The summed E-state index contributed by atoms with van der Waals surface area (Å²) in [5.74, 6) is -1.00. The van der Waals surface area contributed by atoms with Crippen molar-refractivity contribution in [2.75, 3.05) is 19.8 Å². The fourth-order valence-corrected chi connectivity index (χ4v) is 7.19. The van der Waals surface area contributed by atoms with E-state index in [1.807, 2.05) is 20.8 Å². The minimum absolute atomic E-state index is 0.00883. The van der Waals surface area contributed by atoms with Gasteiger partial charge in [-0.2, -0.15) is 0 Å². The first kappa shape index (κ1) is 25.0. The van der Waals surface area contributed by atoms with E-state index in [0.29, 0.717) is 24.2 Å². The summed E-state index contributed by atoms with van der Waals surface area (Å²) in [6.45, 7) is 8.30. The predicted molar refractivity (Wildman–Crippen MR) is 119 cm³/mol. The van der Waals surface area contributed by atoms with E-state index in [9.17, 15) is 25.5 Å². The molecule has 6 unspecified atom stereocenters. The van der Waals surface area contributed by atoms with Crippen LogP contribution in [-0.4, -0.2) is 87.5 Å². The monoisotopic (exact) mass is 474 g/mol. The van der Waals surface area contributed by atoms with Gasteiger partial charge in [-0.25, -0.2) is 0 Å². The second-order valence-electron chi connectivity index (χ2n) is 10.9. The highest BCUT2D eigenvalue weighted by Gasteiger charge is 2.65. The molecule has 8 nitrogen and oxygen atoms in total. The maximum absolute atomic E-state index is 12.4. The first-order chi connectivity index (χ1) is 14.9. The standard InChI is InChI=1S/C23H39O8P/c1-10(2)18-17-11(3)13(24)6-23(18,28)20(31-21(27)32)19-12-7-30-15(12)5-16(26)22(19,4)9-29-8-14(17)25/h10,12-16,18-21,24-28H,5-9,32H2,1-4H3/t12?,13-,14-,15?,16-,18-,19?,20?,21+,22+,23?/m0/s1. The van der Waals surface area contributed by atoms with E-state index in [-0.39, 0.29) is 37.6 Å². The normalized spacial score (nSPS) is 50.3. The van der Waals surface area contributed by atoms with Crippen molar-refractivity contribution in [3.63, 3.8) is 0 Å². The average Bonchev–Trinajstić information content (AvgIpc) is 2.67. The quantitative estimate of drug-likeness (QED) is 0.226. The number of aliphatic hydroxyl groups is 5. The van der Waals surface area contributed by atoms with Gasteiger partial charge in [0.1, 0.15) is 5.60 Å². The van der Waals surface area contributed by atoms with E-state index in [1.54, 1.807) is 6.92 Å². The number of ether oxygens (including phenoxy) is 3. The molecule has 1 saturated carbocycles. The molecule has 2 heterocycles. The molecule has 2 bridgehead atoms. The Morgan fingerprint density at radius 3 is 2.41 bits per heavy atom. The van der Waals surface area contributed by atoms with E-state index in [4.69, 9.17) is 14.2 Å². The van der Waals surface area contributed by atoms with E-state index in [2.05, 4.69) is 9.24 Å². The zero-order chi connectivity index (χ0) is 23.6. The molecule has 32 heavy (non-hydrogen) atoms. The molecule has 9 heteroatoms. The molecule has 3 fully saturated rings. The van der Waals surface area contributed by atoms with Gasteiger partial charge in [-0.15, -0.1) is 0 Å². The molecule has 2 aliphatic carbocycles. The Morgan fingerprint density at radius 2 is 1.84 bits per heavy atom. The lowest BCUT2D eigenvalue weighted by atomic mass is 9.51. The lowest BCUT2D eigenvalue weighted by Gasteiger charge is -2.62. The van der Waals surface area contributed by atoms with Crippen molar-refractivity contribution in [1.29, 1.82) is 0 Å². The fraction of sp³-hybridized carbons (Fsp3) is 0.913. The van der Waals surface area contributed by atoms with Crippen molar-refractivity contribution < 1.29 is 39.7 Å². The lowest BCUT2D eigenvalue weighted by Crippen LogP contribution is -2.70. The molecule has 0 aromatic heterocycles. The second kappa shape index (κ2) is 8.81. The number of rotatable bonds is 3. The molecule has 0 aromatic rings. The summed E-state index contributed by atoms with van der Waals surface area (Å²) in [6, 6.07) is -1.25. The Labute approximate surface area is 192 Å².